The van der Waals surface area contributed by atoms with E-state index in [2.05, 4.69) is 31.5 Å². The van der Waals surface area contributed by atoms with E-state index in [0.29, 0.717) is 36.1 Å². The average Bonchev–Trinajstić information content (AvgIpc) is 3.51. The Labute approximate surface area is 301 Å². The number of carbonyl (C=O) groups excluding carboxylic acids is 2. The van der Waals surface area contributed by atoms with Crippen LogP contribution < -0.4 is 15.5 Å². The second-order valence-electron chi connectivity index (χ2n) is 14.8. The van der Waals surface area contributed by atoms with Gasteiger partial charge in [-0.05, 0) is 93.8 Å². The Balaban J connectivity index is 0.871. The van der Waals surface area contributed by atoms with Crippen LogP contribution in [0.15, 0.2) is 54.9 Å². The maximum atomic E-state index is 15.3. The second-order valence-corrected chi connectivity index (χ2v) is 14.8. The minimum Gasteiger partial charge on any atom is -0.374 e. The highest BCUT2D eigenvalue weighted by Crippen LogP contribution is 2.41. The molecular weight excluding hydrogens is 669 g/mol. The van der Waals surface area contributed by atoms with Gasteiger partial charge in [-0.25, -0.2) is 23.1 Å². The molecule has 6 heterocycles. The summed E-state index contributed by atoms with van der Waals surface area (Å²) in [5, 5.41) is 6.53. The van der Waals surface area contributed by atoms with Gasteiger partial charge in [0.1, 0.15) is 11.9 Å². The second kappa shape index (κ2) is 14.5. The summed E-state index contributed by atoms with van der Waals surface area (Å²) in [6, 6.07) is 12.7. The van der Waals surface area contributed by atoms with Crippen molar-refractivity contribution >= 4 is 34.4 Å². The first kappa shape index (κ1) is 34.6. The zero-order valence-electron chi connectivity index (χ0n) is 29.3. The van der Waals surface area contributed by atoms with Crippen LogP contribution in [-0.2, 0) is 16.0 Å². The number of imide groups is 1. The van der Waals surface area contributed by atoms with Crippen LogP contribution in [0, 0.1) is 5.82 Å². The van der Waals surface area contributed by atoms with E-state index in [9.17, 15) is 18.4 Å². The fourth-order valence-electron chi connectivity index (χ4n) is 8.93. The summed E-state index contributed by atoms with van der Waals surface area (Å²) in [7, 11) is 0. The van der Waals surface area contributed by atoms with E-state index in [0.717, 1.165) is 74.0 Å². The zero-order chi connectivity index (χ0) is 35.9. The van der Waals surface area contributed by atoms with Crippen molar-refractivity contribution in [3.63, 3.8) is 0 Å². The smallest absolute Gasteiger partial charge is 0.251 e. The maximum Gasteiger partial charge on any atom is 0.251 e. The van der Waals surface area contributed by atoms with Crippen molar-refractivity contribution in [1.29, 1.82) is 0 Å². The number of amides is 2. The summed E-state index contributed by atoms with van der Waals surface area (Å²) in [6.45, 7) is 5.15. The molecule has 2 amide bonds. The molecule has 4 aromatic rings. The van der Waals surface area contributed by atoms with E-state index >= 15 is 4.39 Å². The van der Waals surface area contributed by atoms with Gasteiger partial charge in [-0.3, -0.25) is 19.8 Å². The number of para-hydroxylation sites is 1. The number of nitrogens with zero attached hydrogens (tertiary/aromatic N) is 5. The summed E-state index contributed by atoms with van der Waals surface area (Å²) in [6.07, 6.45) is 6.24. The third-order valence-electron chi connectivity index (χ3n) is 11.7. The van der Waals surface area contributed by atoms with Crippen molar-refractivity contribution in [1.82, 2.24) is 30.1 Å². The molecule has 0 saturated carbocycles. The molecule has 4 aliphatic heterocycles. The summed E-state index contributed by atoms with van der Waals surface area (Å²) in [5.74, 6) is -0.124. The summed E-state index contributed by atoms with van der Waals surface area (Å²) in [4.78, 5) is 43.3. The number of alkyl halides is 2. The van der Waals surface area contributed by atoms with Crippen molar-refractivity contribution in [3.05, 3.63) is 83.1 Å². The lowest BCUT2D eigenvalue weighted by Gasteiger charge is -2.42. The molecule has 8 rings (SSSR count). The third-order valence-corrected chi connectivity index (χ3v) is 11.7. The molecule has 2 aromatic carbocycles. The van der Waals surface area contributed by atoms with Gasteiger partial charge >= 0.3 is 0 Å². The van der Waals surface area contributed by atoms with Gasteiger partial charge in [0.25, 0.3) is 6.43 Å². The molecule has 4 aliphatic rings. The third kappa shape index (κ3) is 6.88. The molecule has 0 radical (unpaired) electrons. The predicted octanol–water partition coefficient (Wildman–Crippen LogP) is 5.76. The lowest BCUT2D eigenvalue weighted by Crippen LogP contribution is -2.48. The number of likely N-dealkylation sites (tertiary alicyclic amines) is 1. The fraction of sp³-hybridized carbons (Fsp3) is 0.487. The predicted molar refractivity (Wildman–Crippen MR) is 193 cm³/mol. The van der Waals surface area contributed by atoms with Crippen molar-refractivity contribution in [2.45, 2.75) is 88.4 Å². The van der Waals surface area contributed by atoms with E-state index in [1.54, 1.807) is 0 Å². The van der Waals surface area contributed by atoms with E-state index in [1.165, 1.54) is 11.6 Å². The molecule has 3 saturated heterocycles. The fourth-order valence-corrected chi connectivity index (χ4v) is 8.93. The van der Waals surface area contributed by atoms with Crippen LogP contribution in [0.2, 0.25) is 0 Å². The van der Waals surface area contributed by atoms with Gasteiger partial charge in [0.15, 0.2) is 0 Å². The summed E-state index contributed by atoms with van der Waals surface area (Å²) < 4.78 is 42.9. The molecular formula is C39H45F3N8O2. The molecule has 3 fully saturated rings. The van der Waals surface area contributed by atoms with E-state index in [4.69, 9.17) is 9.97 Å². The average molecular weight is 715 g/mol. The highest BCUT2D eigenvalue weighted by atomic mass is 19.3. The maximum absolute atomic E-state index is 15.3. The minimum atomic E-state index is -2.45. The number of nitrogens with one attached hydrogen (secondary N) is 3. The van der Waals surface area contributed by atoms with Gasteiger partial charge in [0.05, 0.1) is 12.6 Å². The molecule has 3 N–H and O–H groups in total. The van der Waals surface area contributed by atoms with Crippen LogP contribution in [0.1, 0.15) is 79.8 Å². The summed E-state index contributed by atoms with van der Waals surface area (Å²) >= 11 is 0. The number of hydrogen-bond donors (Lipinski definition) is 3. The SMILES string of the molecule is C[C@@H]1Cc2c([nH]c3ccccc23)[C@@H](c2cnc(N3CCC(N4CCC(c5ccc(NC6CCC(=O)NC6=O)cc5F)CC4)CC3)nc2)N1CC(F)F. The Morgan fingerprint density at radius 1 is 0.962 bits per heavy atom. The molecule has 0 bridgehead atoms. The first-order valence-electron chi connectivity index (χ1n) is 18.6. The standard InChI is InChI=1S/C39H45F3N8O2/c1-23-18-30-29-4-2-3-5-32(29)46-36(30)37(50(23)22-34(41)42)25-20-43-39(44-21-25)49-16-12-27(13-17-49)48-14-10-24(11-15-48)28-7-6-26(19-31(28)40)45-33-8-9-35(51)47-38(33)52/h2-7,19-21,23-24,27,33-34,37,45-46H,8-18,22H2,1H3,(H,47,51,52)/t23-,33?,37-/m1/s1. The van der Waals surface area contributed by atoms with Crippen molar-refractivity contribution in [2.75, 3.05) is 42.9 Å². The van der Waals surface area contributed by atoms with Gasteiger partial charge in [0, 0.05) is 71.8 Å². The number of aromatic amines is 1. The largest absolute Gasteiger partial charge is 0.374 e. The Morgan fingerprint density at radius 2 is 1.71 bits per heavy atom. The molecule has 274 valence electrons. The number of fused-ring (bicyclic) bond motifs is 3. The first-order chi connectivity index (χ1) is 25.2. The zero-order valence-corrected chi connectivity index (χ0v) is 29.3. The van der Waals surface area contributed by atoms with Crippen molar-refractivity contribution in [3.8, 4) is 0 Å². The normalized spacial score (nSPS) is 24.0. The molecule has 1 unspecified atom stereocenters. The number of hydrogen-bond acceptors (Lipinski definition) is 8. The lowest BCUT2D eigenvalue weighted by molar-refractivity contribution is -0.133. The van der Waals surface area contributed by atoms with Crippen LogP contribution in [0.3, 0.4) is 0 Å². The quantitative estimate of drug-likeness (QED) is 0.198. The van der Waals surface area contributed by atoms with E-state index < -0.39 is 12.5 Å². The number of carbonyl (C=O) groups is 2. The Morgan fingerprint density at radius 3 is 2.42 bits per heavy atom. The Kier molecular flexibility index (Phi) is 9.64. The number of halogens is 3. The number of piperidine rings is 3. The topological polar surface area (TPSA) is 109 Å². The monoisotopic (exact) mass is 714 g/mol. The van der Waals surface area contributed by atoms with Gasteiger partial charge in [-0.15, -0.1) is 0 Å². The summed E-state index contributed by atoms with van der Waals surface area (Å²) in [5.41, 5.74) is 5.19. The lowest BCUT2D eigenvalue weighted by atomic mass is 9.87. The highest BCUT2D eigenvalue weighted by molar-refractivity contribution is 6.01. The molecule has 3 atom stereocenters. The van der Waals surface area contributed by atoms with E-state index in [1.807, 2.05) is 54.5 Å². The molecule has 52 heavy (non-hydrogen) atoms. The number of H-pyrrole nitrogens is 1. The number of benzene rings is 2. The van der Waals surface area contributed by atoms with Crippen LogP contribution in [-0.4, -0.2) is 93.8 Å². The molecule has 13 heteroatoms. The minimum absolute atomic E-state index is 0.0665. The van der Waals surface area contributed by atoms with Gasteiger partial charge in [-0.1, -0.05) is 24.3 Å². The molecule has 0 aliphatic carbocycles. The molecule has 0 spiro atoms. The first-order valence-corrected chi connectivity index (χ1v) is 18.6. The van der Waals surface area contributed by atoms with Gasteiger partial charge in [-0.2, -0.15) is 0 Å². The Hall–Kier alpha value is -4.49. The molecule has 2 aromatic heterocycles. The van der Waals surface area contributed by atoms with Gasteiger partial charge in [0.2, 0.25) is 17.8 Å². The van der Waals surface area contributed by atoms with Crippen LogP contribution in [0.4, 0.5) is 24.8 Å². The molecule has 10 nitrogen and oxygen atoms in total. The number of anilines is 2. The Bertz CT molecular complexity index is 1920. The van der Waals surface area contributed by atoms with Crippen molar-refractivity contribution in [2.24, 2.45) is 0 Å². The highest BCUT2D eigenvalue weighted by Gasteiger charge is 2.38. The number of aromatic nitrogens is 3. The van der Waals surface area contributed by atoms with Crippen LogP contribution >= 0.6 is 0 Å². The number of rotatable bonds is 8. The van der Waals surface area contributed by atoms with Crippen LogP contribution in [0.25, 0.3) is 10.9 Å². The van der Waals surface area contributed by atoms with E-state index in [-0.39, 0.29) is 48.6 Å². The van der Waals surface area contributed by atoms with Gasteiger partial charge < -0.3 is 20.1 Å². The van der Waals surface area contributed by atoms with Crippen LogP contribution in [0.5, 0.6) is 0 Å². The van der Waals surface area contributed by atoms with Crippen molar-refractivity contribution < 1.29 is 22.8 Å².